The molecule has 0 radical (unpaired) electrons. The van der Waals surface area contributed by atoms with Crippen LogP contribution in [-0.2, 0) is 0 Å². The molecule has 0 bridgehead atoms. The van der Waals surface area contributed by atoms with Crippen molar-refractivity contribution < 1.29 is 14.7 Å². The molecule has 2 aromatic carbocycles. The van der Waals surface area contributed by atoms with Crippen LogP contribution >= 0.6 is 15.9 Å². The van der Waals surface area contributed by atoms with Gasteiger partial charge in [0.1, 0.15) is 5.75 Å². The SMILES string of the molecule is Cc1ccc(C(=O)CC(=O)c2cccc(Br)c2)c(O)c1. The van der Waals surface area contributed by atoms with E-state index in [1.807, 2.05) is 13.0 Å². The standard InChI is InChI=1S/C16H13BrO3/c1-10-5-6-13(15(19)7-10)16(20)9-14(18)11-3-2-4-12(17)8-11/h2-8,19H,9H2,1H3. The molecule has 20 heavy (non-hydrogen) atoms. The summed E-state index contributed by atoms with van der Waals surface area (Å²) in [5.74, 6) is -0.735. The molecule has 0 amide bonds. The molecule has 2 aromatic rings. The summed E-state index contributed by atoms with van der Waals surface area (Å²) in [7, 11) is 0. The van der Waals surface area contributed by atoms with Gasteiger partial charge in [-0.3, -0.25) is 9.59 Å². The summed E-state index contributed by atoms with van der Waals surface area (Å²) < 4.78 is 0.786. The molecule has 0 heterocycles. The summed E-state index contributed by atoms with van der Waals surface area (Å²) >= 11 is 3.28. The lowest BCUT2D eigenvalue weighted by atomic mass is 10.00. The van der Waals surface area contributed by atoms with Gasteiger partial charge in [0, 0.05) is 10.0 Å². The van der Waals surface area contributed by atoms with Crippen LogP contribution < -0.4 is 0 Å². The van der Waals surface area contributed by atoms with Crippen molar-refractivity contribution in [3.05, 3.63) is 63.6 Å². The number of carbonyl (C=O) groups excluding carboxylic acids is 2. The van der Waals surface area contributed by atoms with Crippen molar-refractivity contribution >= 4 is 27.5 Å². The van der Waals surface area contributed by atoms with Crippen LogP contribution in [0.15, 0.2) is 46.9 Å². The molecular formula is C16H13BrO3. The van der Waals surface area contributed by atoms with Crippen molar-refractivity contribution in [2.45, 2.75) is 13.3 Å². The molecule has 4 heteroatoms. The van der Waals surface area contributed by atoms with Gasteiger partial charge in [0.05, 0.1) is 12.0 Å². The van der Waals surface area contributed by atoms with E-state index in [4.69, 9.17) is 0 Å². The highest BCUT2D eigenvalue weighted by molar-refractivity contribution is 9.10. The van der Waals surface area contributed by atoms with Gasteiger partial charge in [0.15, 0.2) is 11.6 Å². The average Bonchev–Trinajstić information content (AvgIpc) is 2.38. The van der Waals surface area contributed by atoms with E-state index in [9.17, 15) is 14.7 Å². The number of hydrogen-bond acceptors (Lipinski definition) is 3. The number of halogens is 1. The summed E-state index contributed by atoms with van der Waals surface area (Å²) in [6.45, 7) is 1.82. The Kier molecular flexibility index (Phi) is 4.35. The number of Topliss-reactive ketones (excluding diaryl/α,β-unsaturated/α-hetero) is 2. The van der Waals surface area contributed by atoms with Gasteiger partial charge in [-0.2, -0.15) is 0 Å². The Hall–Kier alpha value is -1.94. The van der Waals surface area contributed by atoms with E-state index in [0.29, 0.717) is 5.56 Å². The average molecular weight is 333 g/mol. The van der Waals surface area contributed by atoms with E-state index in [-0.39, 0.29) is 29.3 Å². The normalized spacial score (nSPS) is 10.3. The van der Waals surface area contributed by atoms with Crippen LogP contribution in [0.5, 0.6) is 5.75 Å². The zero-order chi connectivity index (χ0) is 14.7. The van der Waals surface area contributed by atoms with Crippen LogP contribution in [-0.4, -0.2) is 16.7 Å². The highest BCUT2D eigenvalue weighted by Crippen LogP contribution is 2.21. The van der Waals surface area contributed by atoms with Crippen LogP contribution in [0, 0.1) is 6.92 Å². The van der Waals surface area contributed by atoms with Crippen LogP contribution in [0.25, 0.3) is 0 Å². The lowest BCUT2D eigenvalue weighted by Gasteiger charge is -2.05. The first kappa shape index (κ1) is 14.5. The predicted molar refractivity (Wildman–Crippen MR) is 80.3 cm³/mol. The highest BCUT2D eigenvalue weighted by Gasteiger charge is 2.16. The van der Waals surface area contributed by atoms with E-state index < -0.39 is 0 Å². The zero-order valence-corrected chi connectivity index (χ0v) is 12.5. The summed E-state index contributed by atoms with van der Waals surface area (Å²) in [6, 6.07) is 11.7. The first-order valence-electron chi connectivity index (χ1n) is 6.09. The van der Waals surface area contributed by atoms with E-state index in [1.165, 1.54) is 6.07 Å². The minimum absolute atomic E-state index is 0.0861. The van der Waals surface area contributed by atoms with Gasteiger partial charge in [-0.25, -0.2) is 0 Å². The van der Waals surface area contributed by atoms with Crippen molar-refractivity contribution in [3.63, 3.8) is 0 Å². The molecule has 0 saturated heterocycles. The summed E-state index contributed by atoms with van der Waals surface area (Å²) in [4.78, 5) is 24.1. The number of ketones is 2. The Morgan fingerprint density at radius 2 is 1.85 bits per heavy atom. The van der Waals surface area contributed by atoms with Gasteiger partial charge in [0.2, 0.25) is 0 Å². The van der Waals surface area contributed by atoms with Crippen LogP contribution in [0.4, 0.5) is 0 Å². The monoisotopic (exact) mass is 332 g/mol. The Morgan fingerprint density at radius 3 is 2.50 bits per heavy atom. The van der Waals surface area contributed by atoms with Gasteiger partial charge in [0.25, 0.3) is 0 Å². The number of aromatic hydroxyl groups is 1. The first-order valence-corrected chi connectivity index (χ1v) is 6.88. The summed E-state index contributed by atoms with van der Waals surface area (Å²) in [5.41, 5.74) is 1.51. The molecule has 0 fully saturated rings. The number of carbonyl (C=O) groups is 2. The molecule has 0 aliphatic rings. The molecule has 0 aliphatic heterocycles. The fourth-order valence-corrected chi connectivity index (χ4v) is 2.28. The lowest BCUT2D eigenvalue weighted by Crippen LogP contribution is -2.09. The molecule has 1 N–H and O–H groups in total. The van der Waals surface area contributed by atoms with Crippen LogP contribution in [0.1, 0.15) is 32.7 Å². The van der Waals surface area contributed by atoms with E-state index in [2.05, 4.69) is 15.9 Å². The molecular weight excluding hydrogens is 320 g/mol. The van der Waals surface area contributed by atoms with Crippen molar-refractivity contribution in [1.82, 2.24) is 0 Å². The van der Waals surface area contributed by atoms with Gasteiger partial charge >= 0.3 is 0 Å². The van der Waals surface area contributed by atoms with Crippen molar-refractivity contribution in [1.29, 1.82) is 0 Å². The Labute approximate surface area is 125 Å². The molecule has 0 saturated carbocycles. The number of rotatable bonds is 4. The Balaban J connectivity index is 2.17. The molecule has 102 valence electrons. The topological polar surface area (TPSA) is 54.4 Å². The largest absolute Gasteiger partial charge is 0.507 e. The molecule has 0 aliphatic carbocycles. The zero-order valence-electron chi connectivity index (χ0n) is 10.9. The number of aryl methyl sites for hydroxylation is 1. The molecule has 2 rings (SSSR count). The fourth-order valence-electron chi connectivity index (χ4n) is 1.88. The Morgan fingerprint density at radius 1 is 1.10 bits per heavy atom. The van der Waals surface area contributed by atoms with Gasteiger partial charge < -0.3 is 5.11 Å². The van der Waals surface area contributed by atoms with Gasteiger partial charge in [-0.05, 0) is 36.8 Å². The number of hydrogen-bond donors (Lipinski definition) is 1. The molecule has 0 spiro atoms. The Bertz CT molecular complexity index is 677. The first-order chi connectivity index (χ1) is 9.47. The minimum atomic E-state index is -0.382. The highest BCUT2D eigenvalue weighted by atomic mass is 79.9. The second-order valence-corrected chi connectivity index (χ2v) is 5.47. The second-order valence-electron chi connectivity index (χ2n) is 4.55. The lowest BCUT2D eigenvalue weighted by molar-refractivity contribution is 0.0893. The maximum atomic E-state index is 12.1. The predicted octanol–water partition coefficient (Wildman–Crippen LogP) is 3.92. The summed E-state index contributed by atoms with van der Waals surface area (Å²) in [5, 5.41) is 9.75. The van der Waals surface area contributed by atoms with Crippen molar-refractivity contribution in [2.24, 2.45) is 0 Å². The quantitative estimate of drug-likeness (QED) is 0.682. The van der Waals surface area contributed by atoms with Gasteiger partial charge in [-0.1, -0.05) is 34.1 Å². The molecule has 0 atom stereocenters. The number of phenols is 1. The summed E-state index contributed by atoms with van der Waals surface area (Å²) in [6.07, 6.45) is -0.257. The molecule has 3 nitrogen and oxygen atoms in total. The smallest absolute Gasteiger partial charge is 0.174 e. The van der Waals surface area contributed by atoms with E-state index in [1.54, 1.807) is 30.3 Å². The van der Waals surface area contributed by atoms with Crippen molar-refractivity contribution in [2.75, 3.05) is 0 Å². The molecule has 0 aromatic heterocycles. The van der Waals surface area contributed by atoms with E-state index in [0.717, 1.165) is 10.0 Å². The molecule has 0 unspecified atom stereocenters. The maximum Gasteiger partial charge on any atom is 0.174 e. The third kappa shape index (κ3) is 3.33. The van der Waals surface area contributed by atoms with Crippen LogP contribution in [0.3, 0.4) is 0 Å². The number of phenolic OH excluding ortho intramolecular Hbond substituents is 1. The van der Waals surface area contributed by atoms with Gasteiger partial charge in [-0.15, -0.1) is 0 Å². The maximum absolute atomic E-state index is 12.1. The van der Waals surface area contributed by atoms with Crippen LogP contribution in [0.2, 0.25) is 0 Å². The minimum Gasteiger partial charge on any atom is -0.507 e. The third-order valence-corrected chi connectivity index (χ3v) is 3.41. The number of benzene rings is 2. The fraction of sp³-hybridized carbons (Fsp3) is 0.125. The third-order valence-electron chi connectivity index (χ3n) is 2.92. The van der Waals surface area contributed by atoms with Crippen molar-refractivity contribution in [3.8, 4) is 5.75 Å². The van der Waals surface area contributed by atoms with E-state index >= 15 is 0 Å². The second kappa shape index (κ2) is 6.01.